The molecule has 1 N–H and O–H groups in total. The highest BCUT2D eigenvalue weighted by atomic mass is 16.1. The van der Waals surface area contributed by atoms with Gasteiger partial charge in [-0.1, -0.05) is 27.7 Å². The molecule has 0 aromatic carbocycles. The van der Waals surface area contributed by atoms with E-state index >= 15 is 0 Å². The van der Waals surface area contributed by atoms with E-state index in [0.29, 0.717) is 18.1 Å². The monoisotopic (exact) mass is 199 g/mol. The molecule has 0 saturated carbocycles. The average Bonchev–Trinajstić information content (AvgIpc) is 2.00. The van der Waals surface area contributed by atoms with Crippen molar-refractivity contribution in [2.24, 2.45) is 11.8 Å². The van der Waals surface area contributed by atoms with Gasteiger partial charge in [0.15, 0.2) is 0 Å². The summed E-state index contributed by atoms with van der Waals surface area (Å²) < 4.78 is 0. The van der Waals surface area contributed by atoms with Crippen LogP contribution in [-0.2, 0) is 4.79 Å². The highest BCUT2D eigenvalue weighted by Crippen LogP contribution is 2.13. The predicted molar refractivity (Wildman–Crippen MR) is 61.4 cm³/mol. The number of rotatable bonds is 6. The normalized spacial score (nSPS) is 12.6. The van der Waals surface area contributed by atoms with E-state index in [0.717, 1.165) is 6.54 Å². The third kappa shape index (κ3) is 6.14. The summed E-state index contributed by atoms with van der Waals surface area (Å²) in [7, 11) is 0. The van der Waals surface area contributed by atoms with Gasteiger partial charge in [0.1, 0.15) is 5.78 Å². The molecule has 0 rings (SSSR count). The molecule has 0 fully saturated rings. The maximum atomic E-state index is 11.6. The molecule has 0 radical (unpaired) electrons. The first-order valence-electron chi connectivity index (χ1n) is 5.52. The zero-order valence-electron chi connectivity index (χ0n) is 10.5. The first-order chi connectivity index (χ1) is 6.24. The Morgan fingerprint density at radius 1 is 1.21 bits per heavy atom. The van der Waals surface area contributed by atoms with Crippen LogP contribution in [-0.4, -0.2) is 17.9 Å². The van der Waals surface area contributed by atoms with Gasteiger partial charge in [-0.15, -0.1) is 0 Å². The van der Waals surface area contributed by atoms with Crippen LogP contribution in [0.25, 0.3) is 0 Å². The topological polar surface area (TPSA) is 29.1 Å². The van der Waals surface area contributed by atoms with Crippen LogP contribution < -0.4 is 5.32 Å². The second-order valence-corrected chi connectivity index (χ2v) is 5.46. The van der Waals surface area contributed by atoms with Crippen LogP contribution >= 0.6 is 0 Å². The number of carbonyl (C=O) groups excluding carboxylic acids is 1. The maximum absolute atomic E-state index is 11.6. The number of hydrogen-bond acceptors (Lipinski definition) is 2. The van der Waals surface area contributed by atoms with Gasteiger partial charge < -0.3 is 5.32 Å². The summed E-state index contributed by atoms with van der Waals surface area (Å²) in [5.74, 6) is 1.12. The van der Waals surface area contributed by atoms with Gasteiger partial charge in [-0.3, -0.25) is 4.79 Å². The van der Waals surface area contributed by atoms with E-state index in [2.05, 4.69) is 33.0 Å². The Labute approximate surface area is 88.5 Å². The van der Waals surface area contributed by atoms with E-state index < -0.39 is 0 Å². The van der Waals surface area contributed by atoms with Gasteiger partial charge in [-0.2, -0.15) is 0 Å². The van der Waals surface area contributed by atoms with Crippen LogP contribution in [0.2, 0.25) is 0 Å². The Morgan fingerprint density at radius 2 is 1.71 bits per heavy atom. The maximum Gasteiger partial charge on any atom is 0.137 e. The van der Waals surface area contributed by atoms with E-state index in [1.54, 1.807) is 0 Å². The highest BCUT2D eigenvalue weighted by Gasteiger charge is 2.22. The Morgan fingerprint density at radius 3 is 2.07 bits per heavy atom. The molecule has 0 amide bonds. The van der Waals surface area contributed by atoms with Crippen LogP contribution in [0.4, 0.5) is 0 Å². The van der Waals surface area contributed by atoms with Gasteiger partial charge in [0.05, 0.1) is 0 Å². The average molecular weight is 199 g/mol. The lowest BCUT2D eigenvalue weighted by Crippen LogP contribution is -2.43. The van der Waals surface area contributed by atoms with Crippen molar-refractivity contribution in [2.75, 3.05) is 6.54 Å². The summed E-state index contributed by atoms with van der Waals surface area (Å²) in [6.07, 6.45) is 0.622. The Balaban J connectivity index is 4.00. The zero-order valence-corrected chi connectivity index (χ0v) is 10.5. The molecule has 0 unspecified atom stereocenters. The second kappa shape index (κ2) is 5.50. The molecule has 0 bridgehead atoms. The number of hydrogen-bond donors (Lipinski definition) is 1. The fraction of sp³-hybridized carbons (Fsp3) is 0.917. The Hall–Kier alpha value is -0.370. The van der Waals surface area contributed by atoms with Crippen molar-refractivity contribution >= 4 is 5.78 Å². The van der Waals surface area contributed by atoms with Gasteiger partial charge in [0.2, 0.25) is 0 Å². The largest absolute Gasteiger partial charge is 0.311 e. The van der Waals surface area contributed by atoms with Crippen LogP contribution in [0.3, 0.4) is 0 Å². The summed E-state index contributed by atoms with van der Waals surface area (Å²) >= 11 is 0. The van der Waals surface area contributed by atoms with Crippen LogP contribution in [0.1, 0.15) is 48.0 Å². The molecular weight excluding hydrogens is 174 g/mol. The minimum atomic E-state index is -0.0639. The molecule has 0 aromatic rings. The summed E-state index contributed by atoms with van der Waals surface area (Å²) in [4.78, 5) is 11.6. The van der Waals surface area contributed by atoms with Gasteiger partial charge in [-0.25, -0.2) is 0 Å². The summed E-state index contributed by atoms with van der Waals surface area (Å²) in [5.41, 5.74) is -0.0639. The first kappa shape index (κ1) is 13.6. The van der Waals surface area contributed by atoms with Crippen molar-refractivity contribution in [3.8, 4) is 0 Å². The molecule has 0 aliphatic heterocycles. The molecule has 0 aliphatic rings. The molecule has 2 nitrogen and oxygen atoms in total. The second-order valence-electron chi connectivity index (χ2n) is 5.46. The highest BCUT2D eigenvalue weighted by molar-refractivity contribution is 5.81. The van der Waals surface area contributed by atoms with Crippen LogP contribution in [0.5, 0.6) is 0 Å². The SMILES string of the molecule is CC(C)CNC(C)(C)CC(=O)C(C)C. The van der Waals surface area contributed by atoms with Crippen molar-refractivity contribution in [1.29, 1.82) is 0 Å². The molecule has 0 saturated heterocycles. The van der Waals surface area contributed by atoms with Gasteiger partial charge in [0, 0.05) is 17.9 Å². The fourth-order valence-corrected chi connectivity index (χ4v) is 1.18. The molecule has 0 aromatic heterocycles. The molecule has 0 aliphatic carbocycles. The lowest BCUT2D eigenvalue weighted by molar-refractivity contribution is -0.123. The molecule has 84 valence electrons. The quantitative estimate of drug-likeness (QED) is 0.712. The van der Waals surface area contributed by atoms with Crippen molar-refractivity contribution < 1.29 is 4.79 Å². The molecular formula is C12H25NO. The Kier molecular flexibility index (Phi) is 5.35. The van der Waals surface area contributed by atoms with E-state index in [1.807, 2.05) is 13.8 Å². The molecule has 2 heteroatoms. The van der Waals surface area contributed by atoms with Crippen molar-refractivity contribution in [3.63, 3.8) is 0 Å². The minimum absolute atomic E-state index is 0.0639. The number of carbonyl (C=O) groups is 1. The van der Waals surface area contributed by atoms with Crippen LogP contribution in [0.15, 0.2) is 0 Å². The fourth-order valence-electron chi connectivity index (χ4n) is 1.18. The van der Waals surface area contributed by atoms with E-state index in [4.69, 9.17) is 0 Å². The number of nitrogens with one attached hydrogen (secondary N) is 1. The van der Waals surface area contributed by atoms with E-state index in [-0.39, 0.29) is 11.5 Å². The minimum Gasteiger partial charge on any atom is -0.311 e. The van der Waals surface area contributed by atoms with Crippen molar-refractivity contribution in [3.05, 3.63) is 0 Å². The predicted octanol–water partition coefficient (Wildman–Crippen LogP) is 2.63. The summed E-state index contributed by atoms with van der Waals surface area (Å²) in [5, 5.41) is 3.42. The molecule has 0 atom stereocenters. The third-order valence-electron chi connectivity index (χ3n) is 2.25. The molecule has 0 spiro atoms. The number of Topliss-reactive ketones (excluding diaryl/α,β-unsaturated/α-hetero) is 1. The van der Waals surface area contributed by atoms with E-state index in [1.165, 1.54) is 0 Å². The van der Waals surface area contributed by atoms with Crippen molar-refractivity contribution in [1.82, 2.24) is 5.32 Å². The number of ketones is 1. The standard InChI is InChI=1S/C12H25NO/c1-9(2)8-13-12(5,6)7-11(14)10(3)4/h9-10,13H,7-8H2,1-6H3. The lowest BCUT2D eigenvalue weighted by atomic mass is 9.92. The molecule has 14 heavy (non-hydrogen) atoms. The van der Waals surface area contributed by atoms with Crippen LogP contribution in [0, 0.1) is 11.8 Å². The smallest absolute Gasteiger partial charge is 0.137 e. The van der Waals surface area contributed by atoms with E-state index in [9.17, 15) is 4.79 Å². The lowest BCUT2D eigenvalue weighted by Gasteiger charge is -2.27. The summed E-state index contributed by atoms with van der Waals surface area (Å²) in [6.45, 7) is 13.4. The van der Waals surface area contributed by atoms with Crippen molar-refractivity contribution in [2.45, 2.75) is 53.5 Å². The third-order valence-corrected chi connectivity index (χ3v) is 2.25. The van der Waals surface area contributed by atoms with Gasteiger partial charge >= 0.3 is 0 Å². The van der Waals surface area contributed by atoms with Gasteiger partial charge in [-0.05, 0) is 26.3 Å². The molecule has 0 heterocycles. The Bertz CT molecular complexity index is 183. The van der Waals surface area contributed by atoms with Gasteiger partial charge in [0.25, 0.3) is 0 Å². The first-order valence-corrected chi connectivity index (χ1v) is 5.52. The zero-order chi connectivity index (χ0) is 11.4. The summed E-state index contributed by atoms with van der Waals surface area (Å²) in [6, 6.07) is 0.